The molecule has 0 bridgehead atoms. The number of carbonyl (C=O) groups is 2. The number of aromatic nitrogens is 2. The lowest BCUT2D eigenvalue weighted by Crippen LogP contribution is -2.41. The zero-order chi connectivity index (χ0) is 14.7. The van der Waals surface area contributed by atoms with Crippen molar-refractivity contribution in [2.75, 3.05) is 5.75 Å². The summed E-state index contributed by atoms with van der Waals surface area (Å²) >= 11 is 2.84. The molecule has 0 aliphatic heterocycles. The molecule has 2 heterocycles. The van der Waals surface area contributed by atoms with Gasteiger partial charge >= 0.3 is 5.97 Å². The first kappa shape index (κ1) is 14.7. The molecular weight excluding hydrogens is 298 g/mol. The number of nitrogens with zero attached hydrogens (tertiary/aromatic N) is 2. The lowest BCUT2D eigenvalue weighted by molar-refractivity contribution is -0.140. The van der Waals surface area contributed by atoms with Gasteiger partial charge in [-0.1, -0.05) is 0 Å². The van der Waals surface area contributed by atoms with E-state index in [2.05, 4.69) is 15.3 Å². The minimum atomic E-state index is -1.06. The van der Waals surface area contributed by atoms with Gasteiger partial charge in [0.25, 0.3) is 0 Å². The van der Waals surface area contributed by atoms with Crippen molar-refractivity contribution in [3.8, 4) is 0 Å². The van der Waals surface area contributed by atoms with Crippen LogP contribution in [0.25, 0.3) is 10.2 Å². The molecule has 2 rings (SSSR count). The number of carboxylic acids is 1. The number of hydrogen-bond donors (Lipinski definition) is 2. The topological polar surface area (TPSA) is 92.2 Å². The van der Waals surface area contributed by atoms with Gasteiger partial charge in [-0.25, -0.2) is 14.8 Å². The van der Waals surface area contributed by atoms with Crippen molar-refractivity contribution in [1.29, 1.82) is 0 Å². The number of amides is 1. The maximum atomic E-state index is 11.1. The summed E-state index contributed by atoms with van der Waals surface area (Å²) in [6.45, 7) is 3.27. The number of aliphatic carboxylic acids is 1. The molecule has 0 aliphatic rings. The Kier molecular flexibility index (Phi) is 4.56. The highest BCUT2D eigenvalue weighted by molar-refractivity contribution is 7.99. The molecule has 1 unspecified atom stereocenters. The SMILES string of the molecule is CC(=O)NC(CSc1ncnc2c(C)csc12)C(=O)O. The third-order valence-electron chi connectivity index (χ3n) is 2.56. The van der Waals surface area contributed by atoms with E-state index >= 15 is 0 Å². The van der Waals surface area contributed by atoms with Gasteiger partial charge in [0, 0.05) is 12.7 Å². The summed E-state index contributed by atoms with van der Waals surface area (Å²) in [5.74, 6) is -1.20. The molecule has 0 aromatic carbocycles. The Morgan fingerprint density at radius 1 is 1.50 bits per heavy atom. The second kappa shape index (κ2) is 6.19. The Morgan fingerprint density at radius 2 is 2.25 bits per heavy atom. The lowest BCUT2D eigenvalue weighted by atomic mass is 10.3. The average molecular weight is 311 g/mol. The number of rotatable bonds is 5. The minimum Gasteiger partial charge on any atom is -0.480 e. The van der Waals surface area contributed by atoms with Gasteiger partial charge < -0.3 is 10.4 Å². The molecule has 2 aromatic rings. The molecule has 0 saturated carbocycles. The third-order valence-corrected chi connectivity index (χ3v) is 4.87. The van der Waals surface area contributed by atoms with E-state index in [1.807, 2.05) is 12.3 Å². The standard InChI is InChI=1S/C12H13N3O3S2/c1-6-3-19-10-9(6)13-5-14-11(10)20-4-8(12(17)18)15-7(2)16/h3,5,8H,4H2,1-2H3,(H,15,16)(H,17,18). The van der Waals surface area contributed by atoms with Gasteiger partial charge in [0.2, 0.25) is 5.91 Å². The minimum absolute atomic E-state index is 0.220. The molecule has 0 spiro atoms. The quantitative estimate of drug-likeness (QED) is 0.645. The first-order chi connectivity index (χ1) is 9.49. The highest BCUT2D eigenvalue weighted by Crippen LogP contribution is 2.31. The first-order valence-electron chi connectivity index (χ1n) is 5.80. The van der Waals surface area contributed by atoms with Crippen LogP contribution in [0.1, 0.15) is 12.5 Å². The second-order valence-electron chi connectivity index (χ2n) is 4.18. The number of carboxylic acid groups (broad SMARTS) is 1. The molecule has 1 amide bonds. The van der Waals surface area contributed by atoms with Gasteiger partial charge in [0.15, 0.2) is 0 Å². The Labute approximate surface area is 123 Å². The predicted molar refractivity (Wildman–Crippen MR) is 78.1 cm³/mol. The first-order valence-corrected chi connectivity index (χ1v) is 7.67. The van der Waals surface area contributed by atoms with Crippen molar-refractivity contribution in [2.45, 2.75) is 24.9 Å². The number of fused-ring (bicyclic) bond motifs is 1. The number of aryl methyl sites for hydroxylation is 1. The number of carbonyl (C=O) groups excluding carboxylic acids is 1. The van der Waals surface area contributed by atoms with E-state index < -0.39 is 12.0 Å². The van der Waals surface area contributed by atoms with Crippen LogP contribution in [0, 0.1) is 6.92 Å². The second-order valence-corrected chi connectivity index (χ2v) is 6.07. The van der Waals surface area contributed by atoms with Crippen molar-refractivity contribution < 1.29 is 14.7 Å². The Balaban J connectivity index is 2.15. The largest absolute Gasteiger partial charge is 0.480 e. The van der Waals surface area contributed by atoms with Crippen LogP contribution in [0.3, 0.4) is 0 Å². The summed E-state index contributed by atoms with van der Waals surface area (Å²) in [6, 6.07) is -0.927. The fourth-order valence-corrected chi connectivity index (χ4v) is 3.74. The molecule has 0 saturated heterocycles. The maximum Gasteiger partial charge on any atom is 0.327 e. The Hall–Kier alpha value is -1.67. The molecular formula is C12H13N3O3S2. The van der Waals surface area contributed by atoms with Crippen LogP contribution in [0.15, 0.2) is 16.7 Å². The van der Waals surface area contributed by atoms with Gasteiger partial charge in [-0.05, 0) is 17.9 Å². The van der Waals surface area contributed by atoms with Crippen LogP contribution in [-0.2, 0) is 9.59 Å². The molecule has 0 fully saturated rings. The van der Waals surface area contributed by atoms with Crippen LogP contribution in [0.4, 0.5) is 0 Å². The van der Waals surface area contributed by atoms with Crippen LogP contribution in [0.5, 0.6) is 0 Å². The van der Waals surface area contributed by atoms with E-state index in [1.165, 1.54) is 36.3 Å². The van der Waals surface area contributed by atoms with E-state index in [-0.39, 0.29) is 11.7 Å². The fraction of sp³-hybridized carbons (Fsp3) is 0.333. The third kappa shape index (κ3) is 3.26. The summed E-state index contributed by atoms with van der Waals surface area (Å²) in [6.07, 6.45) is 1.47. The van der Waals surface area contributed by atoms with Gasteiger partial charge in [-0.15, -0.1) is 23.1 Å². The van der Waals surface area contributed by atoms with Gasteiger partial charge in [0.05, 0.1) is 10.2 Å². The molecule has 2 aromatic heterocycles. The van der Waals surface area contributed by atoms with E-state index in [1.54, 1.807) is 0 Å². The summed E-state index contributed by atoms with van der Waals surface area (Å²) in [5, 5.41) is 14.2. The number of thiophene rings is 1. The molecule has 1 atom stereocenters. The van der Waals surface area contributed by atoms with Crippen molar-refractivity contribution in [3.63, 3.8) is 0 Å². The lowest BCUT2D eigenvalue weighted by Gasteiger charge is -2.12. The van der Waals surface area contributed by atoms with Crippen LogP contribution in [-0.4, -0.2) is 38.7 Å². The Morgan fingerprint density at radius 3 is 2.90 bits per heavy atom. The molecule has 0 aliphatic carbocycles. The zero-order valence-corrected chi connectivity index (χ0v) is 12.5. The maximum absolute atomic E-state index is 11.1. The predicted octanol–water partition coefficient (Wildman–Crippen LogP) is 1.68. The van der Waals surface area contributed by atoms with Crippen LogP contribution < -0.4 is 5.32 Å². The molecule has 6 nitrogen and oxygen atoms in total. The van der Waals surface area contributed by atoms with E-state index in [0.29, 0.717) is 0 Å². The molecule has 20 heavy (non-hydrogen) atoms. The van der Waals surface area contributed by atoms with Crippen LogP contribution >= 0.6 is 23.1 Å². The smallest absolute Gasteiger partial charge is 0.327 e. The Bertz CT molecular complexity index is 656. The number of nitrogens with one attached hydrogen (secondary N) is 1. The van der Waals surface area contributed by atoms with Crippen molar-refractivity contribution in [3.05, 3.63) is 17.3 Å². The summed E-state index contributed by atoms with van der Waals surface area (Å²) in [7, 11) is 0. The fourth-order valence-electron chi connectivity index (χ4n) is 1.63. The van der Waals surface area contributed by atoms with E-state index in [4.69, 9.17) is 5.11 Å². The normalized spacial score (nSPS) is 12.3. The molecule has 106 valence electrons. The van der Waals surface area contributed by atoms with Gasteiger partial charge in [-0.3, -0.25) is 4.79 Å². The van der Waals surface area contributed by atoms with Gasteiger partial charge in [-0.2, -0.15) is 0 Å². The highest BCUT2D eigenvalue weighted by atomic mass is 32.2. The van der Waals surface area contributed by atoms with E-state index in [0.717, 1.165) is 20.8 Å². The van der Waals surface area contributed by atoms with E-state index in [9.17, 15) is 9.59 Å². The summed E-state index contributed by atoms with van der Waals surface area (Å²) in [5.41, 5.74) is 1.96. The molecule has 0 radical (unpaired) electrons. The highest BCUT2D eigenvalue weighted by Gasteiger charge is 2.20. The van der Waals surface area contributed by atoms with Gasteiger partial charge in [0.1, 0.15) is 17.4 Å². The van der Waals surface area contributed by atoms with Crippen molar-refractivity contribution >= 4 is 45.2 Å². The number of thioether (sulfide) groups is 1. The molecule has 2 N–H and O–H groups in total. The monoisotopic (exact) mass is 311 g/mol. The van der Waals surface area contributed by atoms with Crippen molar-refractivity contribution in [1.82, 2.24) is 15.3 Å². The van der Waals surface area contributed by atoms with Crippen LogP contribution in [0.2, 0.25) is 0 Å². The summed E-state index contributed by atoms with van der Waals surface area (Å²) in [4.78, 5) is 30.4. The zero-order valence-electron chi connectivity index (χ0n) is 10.9. The molecule has 8 heteroatoms. The summed E-state index contributed by atoms with van der Waals surface area (Å²) < 4.78 is 0.946. The number of hydrogen-bond acceptors (Lipinski definition) is 6. The average Bonchev–Trinajstić information content (AvgIpc) is 2.76. The van der Waals surface area contributed by atoms with Crippen molar-refractivity contribution in [2.24, 2.45) is 0 Å².